The van der Waals surface area contributed by atoms with Crippen LogP contribution < -0.4 is 29.1 Å². The number of benzene rings is 4. The van der Waals surface area contributed by atoms with Gasteiger partial charge in [0, 0.05) is 0 Å². The molecule has 0 amide bonds. The largest absolute Gasteiger partial charge is 0.457 e. The molecule has 0 radical (unpaired) electrons. The second kappa shape index (κ2) is 11.1. The van der Waals surface area contributed by atoms with Crippen molar-refractivity contribution in [3.63, 3.8) is 0 Å². The fraction of sp³-hybridized carbons (Fsp3) is 0. The molecule has 0 saturated heterocycles. The lowest BCUT2D eigenvalue weighted by Crippen LogP contribution is -2.12. The summed E-state index contributed by atoms with van der Waals surface area (Å²) >= 11 is 0. The lowest BCUT2D eigenvalue weighted by atomic mass is 10.3. The maximum Gasteiger partial charge on any atom is 0.457 e. The summed E-state index contributed by atoms with van der Waals surface area (Å²) in [6.07, 6.45) is 0. The molecule has 9 nitrogen and oxygen atoms in total. The van der Waals surface area contributed by atoms with Crippen molar-refractivity contribution in [1.29, 1.82) is 0 Å². The molecule has 16 heteroatoms. The van der Waals surface area contributed by atoms with Crippen LogP contribution in [0.1, 0.15) is 0 Å². The van der Waals surface area contributed by atoms with Crippen molar-refractivity contribution in [3.05, 3.63) is 120 Å². The average Bonchev–Trinajstić information content (AvgIpc) is 2.89. The van der Waals surface area contributed by atoms with E-state index in [1.807, 2.05) is 0 Å². The number of halogens is 4. The Labute approximate surface area is 226 Å². The van der Waals surface area contributed by atoms with E-state index in [0.717, 1.165) is 48.5 Å². The number of rotatable bonds is 8. The second-order valence-corrected chi connectivity index (χ2v) is 14.3. The molecule has 0 spiro atoms. The van der Waals surface area contributed by atoms with Gasteiger partial charge in [-0.2, -0.15) is 0 Å². The van der Waals surface area contributed by atoms with Crippen molar-refractivity contribution >= 4 is 22.8 Å². The molecule has 0 fully saturated rings. The number of nitrogens with two attached hydrogens (primary N) is 2. The van der Waals surface area contributed by atoms with Crippen molar-refractivity contribution in [3.8, 4) is 23.0 Å². The Kier molecular flexibility index (Phi) is 7.77. The molecule has 2 unspecified atom stereocenters. The van der Waals surface area contributed by atoms with Gasteiger partial charge in [-0.15, -0.1) is 13.5 Å². The van der Waals surface area contributed by atoms with Crippen LogP contribution in [0.15, 0.2) is 111 Å². The summed E-state index contributed by atoms with van der Waals surface area (Å²) in [6, 6.07) is 19.5. The first-order valence-corrected chi connectivity index (χ1v) is 16.2. The molecule has 1 aliphatic rings. The Hall–Kier alpha value is -3.59. The van der Waals surface area contributed by atoms with E-state index in [4.69, 9.17) is 29.1 Å². The summed E-state index contributed by atoms with van der Waals surface area (Å²) in [5.74, 6) is -1.76. The highest BCUT2D eigenvalue weighted by Crippen LogP contribution is 2.74. The van der Waals surface area contributed by atoms with Crippen molar-refractivity contribution in [2.24, 2.45) is 24.6 Å². The summed E-state index contributed by atoms with van der Waals surface area (Å²) in [4.78, 5) is 0. The minimum Gasteiger partial charge on any atom is -0.431 e. The summed E-state index contributed by atoms with van der Waals surface area (Å²) in [5, 5.41) is 0. The lowest BCUT2D eigenvalue weighted by molar-refractivity contribution is 0.472. The van der Waals surface area contributed by atoms with E-state index in [9.17, 15) is 17.6 Å². The zero-order chi connectivity index (χ0) is 28.4. The monoisotopic (exact) mass is 611 g/mol. The van der Waals surface area contributed by atoms with Crippen molar-refractivity contribution in [2.75, 3.05) is 0 Å². The normalized spacial score (nSPS) is 21.2. The van der Waals surface area contributed by atoms with Crippen LogP contribution in [0.25, 0.3) is 0 Å². The van der Waals surface area contributed by atoms with Crippen molar-refractivity contribution in [2.45, 2.75) is 0 Å². The molecule has 0 aromatic heterocycles. The van der Waals surface area contributed by atoms with Gasteiger partial charge in [-0.25, -0.2) is 28.6 Å². The van der Waals surface area contributed by atoms with Gasteiger partial charge < -0.3 is 18.1 Å². The Balaban J connectivity index is 1.69. The SMILES string of the molecule is NP1(Oc2ccc(F)cc2)=NP(N)(Oc2ccc(F)cc2)=NP(Oc2ccc(F)cc2)(Oc2ccc(F)cc2)=N1. The fourth-order valence-electron chi connectivity index (χ4n) is 3.29. The Morgan fingerprint density at radius 2 is 0.675 bits per heavy atom. The van der Waals surface area contributed by atoms with E-state index in [0.29, 0.717) is 0 Å². The second-order valence-electron chi connectivity index (χ2n) is 8.12. The smallest absolute Gasteiger partial charge is 0.431 e. The average molecular weight is 611 g/mol. The highest BCUT2D eigenvalue weighted by atomic mass is 31.3. The highest BCUT2D eigenvalue weighted by Gasteiger charge is 2.41. The van der Waals surface area contributed by atoms with E-state index in [-0.39, 0.29) is 23.0 Å². The standard InChI is InChI=1S/C24H20F4N5O4P3/c25-17-1-9-21(10-2-17)34-38(29)31-39(30,35-22-11-3-18(26)4-12-22)33-40(32-38,36-23-13-5-19(27)6-14-23)37-24-15-7-20(28)8-16-24/h1-16H,29-30H2. The van der Waals surface area contributed by atoms with E-state index in [1.54, 1.807) is 0 Å². The third kappa shape index (κ3) is 6.94. The minimum atomic E-state index is -4.04. The third-order valence-electron chi connectivity index (χ3n) is 4.92. The van der Waals surface area contributed by atoms with Gasteiger partial charge in [0.25, 0.3) is 0 Å². The fourth-order valence-corrected chi connectivity index (χ4v) is 11.6. The Morgan fingerprint density at radius 1 is 0.400 bits per heavy atom. The number of nitrogens with zero attached hydrogens (tertiary/aromatic N) is 3. The topological polar surface area (TPSA) is 126 Å². The van der Waals surface area contributed by atoms with Gasteiger partial charge in [0.1, 0.15) is 46.3 Å². The summed E-state index contributed by atoms with van der Waals surface area (Å²) in [6.45, 7) is 0. The Morgan fingerprint density at radius 3 is 1.00 bits per heavy atom. The molecule has 0 bridgehead atoms. The first-order chi connectivity index (χ1) is 19.0. The molecule has 1 heterocycles. The molecule has 4 aromatic carbocycles. The van der Waals surface area contributed by atoms with Crippen LogP contribution in [0.4, 0.5) is 17.6 Å². The van der Waals surface area contributed by atoms with E-state index in [2.05, 4.69) is 13.5 Å². The maximum absolute atomic E-state index is 13.6. The van der Waals surface area contributed by atoms with Gasteiger partial charge in [0.05, 0.1) is 0 Å². The molecular weight excluding hydrogens is 591 g/mol. The molecule has 40 heavy (non-hydrogen) atoms. The number of hydrogen-bond acceptors (Lipinski definition) is 9. The van der Waals surface area contributed by atoms with Gasteiger partial charge in [-0.05, 0) is 97.1 Å². The molecular formula is C24H20F4N5O4P3. The third-order valence-corrected chi connectivity index (χ3v) is 12.7. The molecule has 208 valence electrons. The van der Waals surface area contributed by atoms with E-state index in [1.165, 1.54) is 48.5 Å². The van der Waals surface area contributed by atoms with Crippen LogP contribution in [-0.4, -0.2) is 0 Å². The highest BCUT2D eigenvalue weighted by molar-refractivity contribution is 7.80. The molecule has 5 rings (SSSR count). The zero-order valence-electron chi connectivity index (χ0n) is 20.2. The van der Waals surface area contributed by atoms with E-state index >= 15 is 0 Å². The molecule has 0 saturated carbocycles. The zero-order valence-corrected chi connectivity index (χ0v) is 22.9. The maximum atomic E-state index is 13.6. The summed E-state index contributed by atoms with van der Waals surface area (Å²) < 4.78 is 91.6. The van der Waals surface area contributed by atoms with Crippen LogP contribution in [-0.2, 0) is 0 Å². The molecule has 2 atom stereocenters. The predicted molar refractivity (Wildman–Crippen MR) is 145 cm³/mol. The minimum absolute atomic E-state index is 0.0768. The lowest BCUT2D eigenvalue weighted by Gasteiger charge is -2.31. The first-order valence-electron chi connectivity index (χ1n) is 11.3. The molecule has 0 aliphatic carbocycles. The van der Waals surface area contributed by atoms with Gasteiger partial charge in [-0.1, -0.05) is 0 Å². The van der Waals surface area contributed by atoms with Crippen molar-refractivity contribution < 1.29 is 35.7 Å². The van der Waals surface area contributed by atoms with E-state index < -0.39 is 46.1 Å². The van der Waals surface area contributed by atoms with Crippen LogP contribution >= 0.6 is 22.8 Å². The van der Waals surface area contributed by atoms with Crippen LogP contribution in [0, 0.1) is 23.3 Å². The van der Waals surface area contributed by atoms with Crippen molar-refractivity contribution in [1.82, 2.24) is 0 Å². The molecule has 1 aliphatic heterocycles. The van der Waals surface area contributed by atoms with Crippen LogP contribution in [0.3, 0.4) is 0 Å². The Bertz CT molecular complexity index is 1580. The molecule has 4 aromatic rings. The van der Waals surface area contributed by atoms with Gasteiger partial charge in [-0.3, -0.25) is 0 Å². The van der Waals surface area contributed by atoms with Crippen LogP contribution in [0.5, 0.6) is 23.0 Å². The predicted octanol–water partition coefficient (Wildman–Crippen LogP) is 8.63. The summed E-state index contributed by atoms with van der Waals surface area (Å²) in [7, 11) is -11.8. The van der Waals surface area contributed by atoms with Gasteiger partial charge >= 0.3 is 22.8 Å². The van der Waals surface area contributed by atoms with Gasteiger partial charge in [0.15, 0.2) is 0 Å². The first kappa shape index (κ1) is 28.0. The quantitative estimate of drug-likeness (QED) is 0.152. The molecule has 4 N–H and O–H groups in total. The summed E-state index contributed by atoms with van der Waals surface area (Å²) in [5.41, 5.74) is 13.1. The van der Waals surface area contributed by atoms with Crippen LogP contribution in [0.2, 0.25) is 0 Å². The van der Waals surface area contributed by atoms with Gasteiger partial charge in [0.2, 0.25) is 0 Å². The number of hydrogen-bond donors (Lipinski definition) is 2.